The number of hydrogen-bond acceptors (Lipinski definition) is 2. The van der Waals surface area contributed by atoms with E-state index in [9.17, 15) is 0 Å². The number of aliphatic imine (C=N–C) groups is 1. The highest BCUT2D eigenvalue weighted by molar-refractivity contribution is 5.79. The van der Waals surface area contributed by atoms with Gasteiger partial charge in [0.1, 0.15) is 0 Å². The first kappa shape index (κ1) is 16.5. The molecule has 4 heteroatoms. The van der Waals surface area contributed by atoms with E-state index in [2.05, 4.69) is 47.7 Å². The van der Waals surface area contributed by atoms with Crippen LogP contribution in [-0.2, 0) is 11.2 Å². The number of nitrogens with zero attached hydrogens (tertiary/aromatic N) is 1. The molecule has 4 nitrogen and oxygen atoms in total. The van der Waals surface area contributed by atoms with Crippen LogP contribution in [0.4, 0.5) is 0 Å². The lowest BCUT2D eigenvalue weighted by molar-refractivity contribution is 0.152. The maximum Gasteiger partial charge on any atom is 0.191 e. The summed E-state index contributed by atoms with van der Waals surface area (Å²) in [6.07, 6.45) is 0.995. The highest BCUT2D eigenvalue weighted by atomic mass is 16.5. The van der Waals surface area contributed by atoms with Crippen molar-refractivity contribution in [1.29, 1.82) is 0 Å². The first-order chi connectivity index (χ1) is 9.65. The Labute approximate surface area is 122 Å². The highest BCUT2D eigenvalue weighted by Crippen LogP contribution is 2.08. The van der Waals surface area contributed by atoms with E-state index in [0.29, 0.717) is 6.61 Å². The molecule has 0 amide bonds. The summed E-state index contributed by atoms with van der Waals surface area (Å²) in [4.78, 5) is 4.19. The molecular formula is C16H27N3O. The summed E-state index contributed by atoms with van der Waals surface area (Å²) in [5.41, 5.74) is 4.00. The SMILES string of the molecule is CCOCCNC(=NC)NCCc1cc(C)cc(C)c1. The van der Waals surface area contributed by atoms with Gasteiger partial charge in [0, 0.05) is 26.7 Å². The molecule has 0 saturated heterocycles. The fourth-order valence-electron chi connectivity index (χ4n) is 2.15. The molecule has 2 N–H and O–H groups in total. The quantitative estimate of drug-likeness (QED) is 0.455. The van der Waals surface area contributed by atoms with E-state index in [4.69, 9.17) is 4.74 Å². The summed E-state index contributed by atoms with van der Waals surface area (Å²) in [7, 11) is 1.78. The molecule has 0 aromatic heterocycles. The van der Waals surface area contributed by atoms with Crippen molar-refractivity contribution < 1.29 is 4.74 Å². The van der Waals surface area contributed by atoms with E-state index >= 15 is 0 Å². The highest BCUT2D eigenvalue weighted by Gasteiger charge is 1.99. The fourth-order valence-corrected chi connectivity index (χ4v) is 2.15. The Hall–Kier alpha value is -1.55. The number of nitrogens with one attached hydrogen (secondary N) is 2. The smallest absolute Gasteiger partial charge is 0.191 e. The summed E-state index contributed by atoms with van der Waals surface area (Å²) in [6.45, 7) is 9.37. The van der Waals surface area contributed by atoms with Crippen LogP contribution < -0.4 is 10.6 Å². The van der Waals surface area contributed by atoms with Crippen LogP contribution in [0.3, 0.4) is 0 Å². The molecule has 1 rings (SSSR count). The lowest BCUT2D eigenvalue weighted by atomic mass is 10.1. The van der Waals surface area contributed by atoms with Crippen molar-refractivity contribution in [3.8, 4) is 0 Å². The van der Waals surface area contributed by atoms with Gasteiger partial charge in [0.2, 0.25) is 0 Å². The van der Waals surface area contributed by atoms with Gasteiger partial charge < -0.3 is 15.4 Å². The molecule has 0 aliphatic carbocycles. The second-order valence-electron chi connectivity index (χ2n) is 4.87. The number of rotatable bonds is 7. The van der Waals surface area contributed by atoms with Gasteiger partial charge in [-0.15, -0.1) is 0 Å². The molecule has 0 atom stereocenters. The van der Waals surface area contributed by atoms with Gasteiger partial charge in [0.05, 0.1) is 6.61 Å². The number of guanidine groups is 1. The third kappa shape index (κ3) is 6.57. The molecule has 0 bridgehead atoms. The van der Waals surface area contributed by atoms with E-state index < -0.39 is 0 Å². The molecule has 0 spiro atoms. The molecule has 0 aliphatic rings. The number of ether oxygens (including phenoxy) is 1. The van der Waals surface area contributed by atoms with E-state index in [1.165, 1.54) is 16.7 Å². The molecule has 20 heavy (non-hydrogen) atoms. The monoisotopic (exact) mass is 277 g/mol. The van der Waals surface area contributed by atoms with Gasteiger partial charge in [-0.2, -0.15) is 0 Å². The van der Waals surface area contributed by atoms with Crippen molar-refractivity contribution in [1.82, 2.24) is 10.6 Å². The van der Waals surface area contributed by atoms with Crippen LogP contribution >= 0.6 is 0 Å². The minimum Gasteiger partial charge on any atom is -0.380 e. The molecule has 0 saturated carbocycles. The van der Waals surface area contributed by atoms with Gasteiger partial charge in [-0.1, -0.05) is 29.3 Å². The number of aryl methyl sites for hydroxylation is 2. The number of hydrogen-bond donors (Lipinski definition) is 2. The van der Waals surface area contributed by atoms with Crippen molar-refractivity contribution in [2.45, 2.75) is 27.2 Å². The predicted molar refractivity (Wildman–Crippen MR) is 85.5 cm³/mol. The maximum absolute atomic E-state index is 5.28. The van der Waals surface area contributed by atoms with Crippen molar-refractivity contribution in [3.05, 3.63) is 34.9 Å². The van der Waals surface area contributed by atoms with E-state index in [1.54, 1.807) is 7.05 Å². The summed E-state index contributed by atoms with van der Waals surface area (Å²) >= 11 is 0. The Bertz CT molecular complexity index is 409. The first-order valence-electron chi connectivity index (χ1n) is 7.25. The van der Waals surface area contributed by atoms with Crippen LogP contribution in [0.15, 0.2) is 23.2 Å². The topological polar surface area (TPSA) is 45.6 Å². The Morgan fingerprint density at radius 1 is 1.10 bits per heavy atom. The normalized spacial score (nSPS) is 11.5. The van der Waals surface area contributed by atoms with E-state index in [-0.39, 0.29) is 0 Å². The van der Waals surface area contributed by atoms with Gasteiger partial charge in [0.15, 0.2) is 5.96 Å². The minimum atomic E-state index is 0.703. The number of benzene rings is 1. The lowest BCUT2D eigenvalue weighted by Gasteiger charge is -2.12. The van der Waals surface area contributed by atoms with Crippen molar-refractivity contribution >= 4 is 5.96 Å². The minimum absolute atomic E-state index is 0.703. The summed E-state index contributed by atoms with van der Waals surface area (Å²) in [6, 6.07) is 6.67. The second kappa shape index (κ2) is 9.37. The average molecular weight is 277 g/mol. The zero-order valence-electron chi connectivity index (χ0n) is 13.1. The molecular weight excluding hydrogens is 250 g/mol. The summed E-state index contributed by atoms with van der Waals surface area (Å²) in [5, 5.41) is 6.54. The Kier molecular flexibility index (Phi) is 7.73. The van der Waals surface area contributed by atoms with Crippen LogP contribution in [0.2, 0.25) is 0 Å². The van der Waals surface area contributed by atoms with Gasteiger partial charge >= 0.3 is 0 Å². The average Bonchev–Trinajstić information content (AvgIpc) is 2.40. The summed E-state index contributed by atoms with van der Waals surface area (Å²) in [5.74, 6) is 0.828. The van der Waals surface area contributed by atoms with Crippen LogP contribution in [0.25, 0.3) is 0 Å². The van der Waals surface area contributed by atoms with Crippen molar-refractivity contribution in [2.24, 2.45) is 4.99 Å². The van der Waals surface area contributed by atoms with Gasteiger partial charge in [-0.25, -0.2) is 0 Å². The Morgan fingerprint density at radius 2 is 1.75 bits per heavy atom. The molecule has 0 heterocycles. The molecule has 0 radical (unpaired) electrons. The van der Waals surface area contributed by atoms with E-state index in [1.807, 2.05) is 6.92 Å². The molecule has 1 aromatic rings. The third-order valence-electron chi connectivity index (χ3n) is 2.95. The molecule has 112 valence electrons. The Balaban J connectivity index is 2.30. The third-order valence-corrected chi connectivity index (χ3v) is 2.95. The fraction of sp³-hybridized carbons (Fsp3) is 0.562. The molecule has 0 fully saturated rings. The van der Waals surface area contributed by atoms with Gasteiger partial charge in [0.25, 0.3) is 0 Å². The van der Waals surface area contributed by atoms with Gasteiger partial charge in [-0.3, -0.25) is 4.99 Å². The molecule has 0 aliphatic heterocycles. The van der Waals surface area contributed by atoms with Gasteiger partial charge in [-0.05, 0) is 32.8 Å². The van der Waals surface area contributed by atoms with E-state index in [0.717, 1.165) is 32.1 Å². The zero-order chi connectivity index (χ0) is 14.8. The Morgan fingerprint density at radius 3 is 2.35 bits per heavy atom. The largest absolute Gasteiger partial charge is 0.380 e. The van der Waals surface area contributed by atoms with Crippen LogP contribution in [-0.4, -0.2) is 39.3 Å². The van der Waals surface area contributed by atoms with Crippen LogP contribution in [0, 0.1) is 13.8 Å². The summed E-state index contributed by atoms with van der Waals surface area (Å²) < 4.78 is 5.28. The maximum atomic E-state index is 5.28. The predicted octanol–water partition coefficient (Wildman–Crippen LogP) is 2.05. The van der Waals surface area contributed by atoms with Crippen molar-refractivity contribution in [3.63, 3.8) is 0 Å². The standard InChI is InChI=1S/C16H27N3O/c1-5-20-9-8-19-16(17-4)18-7-6-15-11-13(2)10-14(3)12-15/h10-12H,5-9H2,1-4H3,(H2,17,18,19). The first-order valence-corrected chi connectivity index (χ1v) is 7.25. The lowest BCUT2D eigenvalue weighted by Crippen LogP contribution is -2.39. The zero-order valence-corrected chi connectivity index (χ0v) is 13.1. The molecule has 0 unspecified atom stereocenters. The van der Waals surface area contributed by atoms with Crippen LogP contribution in [0.5, 0.6) is 0 Å². The van der Waals surface area contributed by atoms with Crippen molar-refractivity contribution in [2.75, 3.05) is 33.4 Å². The second-order valence-corrected chi connectivity index (χ2v) is 4.87. The van der Waals surface area contributed by atoms with Crippen LogP contribution in [0.1, 0.15) is 23.6 Å². The molecule has 1 aromatic carbocycles.